The summed E-state index contributed by atoms with van der Waals surface area (Å²) < 4.78 is 12.4. The average Bonchev–Trinajstić information content (AvgIpc) is 3.09. The van der Waals surface area contributed by atoms with Crippen molar-refractivity contribution in [3.8, 4) is 22.9 Å². The van der Waals surface area contributed by atoms with Crippen molar-refractivity contribution >= 4 is 46.6 Å². The standard InChI is InChI=1S/C19H18Cl2N4O3S/c1-25-18(11-7-8-14(27-2)15(9-11)28-3)23-24-19(25)29-10-16(26)22-17-12(20)5-4-6-13(17)21/h4-9H,10H2,1-3H3,(H,22,26). The molecule has 0 radical (unpaired) electrons. The van der Waals surface area contributed by atoms with Gasteiger partial charge in [-0.3, -0.25) is 4.79 Å². The Bertz CT molecular complexity index is 1020. The zero-order chi connectivity index (χ0) is 21.0. The highest BCUT2D eigenvalue weighted by Crippen LogP contribution is 2.33. The predicted molar refractivity (Wildman–Crippen MR) is 115 cm³/mol. The van der Waals surface area contributed by atoms with E-state index in [1.165, 1.54) is 11.8 Å². The fraction of sp³-hybridized carbons (Fsp3) is 0.211. The Hall–Kier alpha value is -2.42. The summed E-state index contributed by atoms with van der Waals surface area (Å²) in [5.41, 5.74) is 1.21. The molecule has 10 heteroatoms. The second kappa shape index (κ2) is 9.39. The number of carbonyl (C=O) groups is 1. The first-order chi connectivity index (χ1) is 13.9. The number of hydrogen-bond acceptors (Lipinski definition) is 6. The van der Waals surface area contributed by atoms with Gasteiger partial charge >= 0.3 is 0 Å². The number of methoxy groups -OCH3 is 2. The fourth-order valence-electron chi connectivity index (χ4n) is 2.59. The predicted octanol–water partition coefficient (Wildman–Crippen LogP) is 4.54. The van der Waals surface area contributed by atoms with E-state index in [4.69, 9.17) is 32.7 Å². The molecule has 2 aromatic carbocycles. The van der Waals surface area contributed by atoms with Crippen molar-refractivity contribution in [2.75, 3.05) is 25.3 Å². The highest BCUT2D eigenvalue weighted by Gasteiger charge is 2.16. The van der Waals surface area contributed by atoms with Gasteiger partial charge in [-0.2, -0.15) is 0 Å². The van der Waals surface area contributed by atoms with E-state index in [9.17, 15) is 4.79 Å². The smallest absolute Gasteiger partial charge is 0.234 e. The number of aromatic nitrogens is 3. The minimum Gasteiger partial charge on any atom is -0.493 e. The molecule has 0 aliphatic carbocycles. The van der Waals surface area contributed by atoms with Gasteiger partial charge in [-0.1, -0.05) is 41.0 Å². The third-order valence-corrected chi connectivity index (χ3v) is 5.69. The molecule has 0 saturated heterocycles. The van der Waals surface area contributed by atoms with Gasteiger partial charge < -0.3 is 19.4 Å². The van der Waals surface area contributed by atoms with Crippen LogP contribution in [-0.2, 0) is 11.8 Å². The molecule has 0 fully saturated rings. The van der Waals surface area contributed by atoms with Crippen LogP contribution in [0.4, 0.5) is 5.69 Å². The lowest BCUT2D eigenvalue weighted by Gasteiger charge is -2.10. The Morgan fingerprint density at radius 3 is 2.45 bits per heavy atom. The van der Waals surface area contributed by atoms with Crippen molar-refractivity contribution in [1.82, 2.24) is 14.8 Å². The number of nitrogens with zero attached hydrogens (tertiary/aromatic N) is 3. The summed E-state index contributed by atoms with van der Waals surface area (Å²) >= 11 is 13.4. The number of nitrogens with one attached hydrogen (secondary N) is 1. The first-order valence-corrected chi connectivity index (χ1v) is 10.2. The quantitative estimate of drug-likeness (QED) is 0.530. The highest BCUT2D eigenvalue weighted by atomic mass is 35.5. The van der Waals surface area contributed by atoms with Gasteiger partial charge in [0.1, 0.15) is 0 Å². The molecule has 29 heavy (non-hydrogen) atoms. The number of thioether (sulfide) groups is 1. The zero-order valence-electron chi connectivity index (χ0n) is 15.9. The SMILES string of the molecule is COc1ccc(-c2nnc(SCC(=O)Nc3c(Cl)cccc3Cl)n2C)cc1OC. The Balaban J connectivity index is 1.71. The minimum atomic E-state index is -0.249. The van der Waals surface area contributed by atoms with E-state index < -0.39 is 0 Å². The van der Waals surface area contributed by atoms with Gasteiger partial charge in [-0.25, -0.2) is 0 Å². The van der Waals surface area contributed by atoms with E-state index >= 15 is 0 Å². The molecule has 1 amide bonds. The van der Waals surface area contributed by atoms with Gasteiger partial charge in [0.05, 0.1) is 35.7 Å². The Morgan fingerprint density at radius 2 is 1.79 bits per heavy atom. The summed E-state index contributed by atoms with van der Waals surface area (Å²) in [6.07, 6.45) is 0. The molecule has 0 atom stereocenters. The average molecular weight is 453 g/mol. The van der Waals surface area contributed by atoms with Crippen molar-refractivity contribution < 1.29 is 14.3 Å². The van der Waals surface area contributed by atoms with Crippen LogP contribution in [0.1, 0.15) is 0 Å². The second-order valence-electron chi connectivity index (χ2n) is 5.87. The van der Waals surface area contributed by atoms with Crippen LogP contribution >= 0.6 is 35.0 Å². The van der Waals surface area contributed by atoms with Crippen LogP contribution < -0.4 is 14.8 Å². The number of ether oxygens (including phenoxy) is 2. The summed E-state index contributed by atoms with van der Waals surface area (Å²) in [5, 5.41) is 12.5. The number of halogens is 2. The van der Waals surface area contributed by atoms with Gasteiger partial charge in [0.15, 0.2) is 22.5 Å². The van der Waals surface area contributed by atoms with Crippen LogP contribution in [0.15, 0.2) is 41.6 Å². The molecule has 1 aromatic heterocycles. The van der Waals surface area contributed by atoms with Crippen molar-refractivity contribution in [3.05, 3.63) is 46.4 Å². The van der Waals surface area contributed by atoms with Crippen LogP contribution in [0, 0.1) is 0 Å². The van der Waals surface area contributed by atoms with Gasteiger partial charge in [0.2, 0.25) is 5.91 Å². The molecule has 0 bridgehead atoms. The van der Waals surface area contributed by atoms with Crippen molar-refractivity contribution in [1.29, 1.82) is 0 Å². The van der Waals surface area contributed by atoms with Crippen LogP contribution in [0.5, 0.6) is 11.5 Å². The molecule has 3 aromatic rings. The lowest BCUT2D eigenvalue weighted by atomic mass is 10.2. The van der Waals surface area contributed by atoms with Crippen LogP contribution in [0.2, 0.25) is 10.0 Å². The molecule has 0 unspecified atom stereocenters. The maximum Gasteiger partial charge on any atom is 0.234 e. The maximum absolute atomic E-state index is 12.3. The van der Waals surface area contributed by atoms with E-state index in [1.807, 2.05) is 23.7 Å². The third-order valence-electron chi connectivity index (χ3n) is 4.04. The van der Waals surface area contributed by atoms with Crippen LogP contribution in [0.3, 0.4) is 0 Å². The minimum absolute atomic E-state index is 0.124. The second-order valence-corrected chi connectivity index (χ2v) is 7.63. The summed E-state index contributed by atoms with van der Waals surface area (Å²) in [5.74, 6) is 1.74. The topological polar surface area (TPSA) is 78.3 Å². The normalized spacial score (nSPS) is 10.7. The Kier molecular flexibility index (Phi) is 6.89. The Morgan fingerprint density at radius 1 is 1.10 bits per heavy atom. The van der Waals surface area contributed by atoms with E-state index in [-0.39, 0.29) is 11.7 Å². The number of anilines is 1. The molecule has 0 aliphatic rings. The molecule has 1 N–H and O–H groups in total. The lowest BCUT2D eigenvalue weighted by Crippen LogP contribution is -2.15. The van der Waals surface area contributed by atoms with E-state index in [1.54, 1.807) is 38.5 Å². The van der Waals surface area contributed by atoms with E-state index in [2.05, 4.69) is 15.5 Å². The number of carbonyl (C=O) groups excluding carboxylic acids is 1. The van der Waals surface area contributed by atoms with E-state index in [0.717, 1.165) is 5.56 Å². The van der Waals surface area contributed by atoms with Gasteiger partial charge in [-0.15, -0.1) is 10.2 Å². The van der Waals surface area contributed by atoms with Gasteiger partial charge in [0, 0.05) is 12.6 Å². The fourth-order valence-corrected chi connectivity index (χ4v) is 3.79. The van der Waals surface area contributed by atoms with Crippen LogP contribution in [0.25, 0.3) is 11.4 Å². The molecule has 7 nitrogen and oxygen atoms in total. The number of benzene rings is 2. The monoisotopic (exact) mass is 452 g/mol. The van der Waals surface area contributed by atoms with Gasteiger partial charge in [-0.05, 0) is 30.3 Å². The molecule has 3 rings (SSSR count). The third kappa shape index (κ3) is 4.77. The number of amides is 1. The molecular weight excluding hydrogens is 435 g/mol. The maximum atomic E-state index is 12.3. The van der Waals surface area contributed by atoms with Crippen molar-refractivity contribution in [3.63, 3.8) is 0 Å². The molecule has 0 aliphatic heterocycles. The summed E-state index contributed by atoms with van der Waals surface area (Å²) in [7, 11) is 4.98. The summed E-state index contributed by atoms with van der Waals surface area (Å²) in [6, 6.07) is 10.5. The highest BCUT2D eigenvalue weighted by molar-refractivity contribution is 7.99. The molecule has 152 valence electrons. The molecular formula is C19H18Cl2N4O3S. The first kappa shape index (κ1) is 21.3. The number of hydrogen-bond donors (Lipinski definition) is 1. The summed E-state index contributed by atoms with van der Waals surface area (Å²) in [4.78, 5) is 12.3. The number of rotatable bonds is 7. The van der Waals surface area contributed by atoms with Gasteiger partial charge in [0.25, 0.3) is 0 Å². The molecule has 1 heterocycles. The van der Waals surface area contributed by atoms with Crippen molar-refractivity contribution in [2.24, 2.45) is 7.05 Å². The molecule has 0 spiro atoms. The largest absolute Gasteiger partial charge is 0.493 e. The Labute approximate surface area is 182 Å². The van der Waals surface area contributed by atoms with Crippen LogP contribution in [-0.4, -0.2) is 40.6 Å². The summed E-state index contributed by atoms with van der Waals surface area (Å²) in [6.45, 7) is 0. The van der Waals surface area contributed by atoms with Crippen molar-refractivity contribution in [2.45, 2.75) is 5.16 Å². The zero-order valence-corrected chi connectivity index (χ0v) is 18.2. The lowest BCUT2D eigenvalue weighted by molar-refractivity contribution is -0.113. The number of para-hydroxylation sites is 1. The first-order valence-electron chi connectivity index (χ1n) is 8.43. The molecule has 0 saturated carbocycles. The van der Waals surface area contributed by atoms with E-state index in [0.29, 0.717) is 38.2 Å².